The second-order valence-electron chi connectivity index (χ2n) is 7.30. The van der Waals surface area contributed by atoms with Crippen LogP contribution in [0.1, 0.15) is 21.5 Å². The summed E-state index contributed by atoms with van der Waals surface area (Å²) in [7, 11) is 0. The van der Waals surface area contributed by atoms with E-state index in [1.54, 1.807) is 36.5 Å². The Morgan fingerprint density at radius 1 is 1.00 bits per heavy atom. The first-order chi connectivity index (χ1) is 14.7. The lowest BCUT2D eigenvalue weighted by Crippen LogP contribution is -2.46. The van der Waals surface area contributed by atoms with E-state index in [2.05, 4.69) is 50.4 Å². The molecule has 0 unspecified atom stereocenters. The van der Waals surface area contributed by atoms with Gasteiger partial charge in [0, 0.05) is 44.6 Å². The van der Waals surface area contributed by atoms with Crippen LogP contribution in [0.4, 0.5) is 11.5 Å². The number of hydrogen-bond acceptors (Lipinski definition) is 5. The molecular formula is C24H23N5O. The van der Waals surface area contributed by atoms with Gasteiger partial charge in [-0.3, -0.25) is 9.69 Å². The molecule has 0 bridgehead atoms. The smallest absolute Gasteiger partial charge is 0.257 e. The van der Waals surface area contributed by atoms with Crippen molar-refractivity contribution in [2.45, 2.75) is 6.54 Å². The second-order valence-corrected chi connectivity index (χ2v) is 7.30. The Morgan fingerprint density at radius 2 is 1.80 bits per heavy atom. The molecule has 30 heavy (non-hydrogen) atoms. The molecule has 0 radical (unpaired) electrons. The van der Waals surface area contributed by atoms with Crippen molar-refractivity contribution in [2.24, 2.45) is 0 Å². The minimum Gasteiger partial charge on any atom is -0.354 e. The van der Waals surface area contributed by atoms with E-state index >= 15 is 0 Å². The Morgan fingerprint density at radius 3 is 2.50 bits per heavy atom. The Kier molecular flexibility index (Phi) is 6.02. The molecule has 0 aliphatic carbocycles. The first-order valence-corrected chi connectivity index (χ1v) is 10.00. The molecule has 3 aromatic rings. The van der Waals surface area contributed by atoms with Crippen LogP contribution in [0.2, 0.25) is 0 Å². The van der Waals surface area contributed by atoms with Crippen LogP contribution in [-0.2, 0) is 6.54 Å². The number of amides is 1. The molecule has 1 fully saturated rings. The second kappa shape index (κ2) is 9.21. The minimum atomic E-state index is -0.239. The van der Waals surface area contributed by atoms with Crippen LogP contribution in [0, 0.1) is 11.3 Å². The molecule has 0 atom stereocenters. The van der Waals surface area contributed by atoms with Crippen LogP contribution >= 0.6 is 0 Å². The summed E-state index contributed by atoms with van der Waals surface area (Å²) in [5.74, 6) is 0.647. The van der Waals surface area contributed by atoms with E-state index in [9.17, 15) is 4.79 Å². The van der Waals surface area contributed by atoms with Crippen LogP contribution in [0.15, 0.2) is 72.9 Å². The normalized spacial score (nSPS) is 14.2. The van der Waals surface area contributed by atoms with Crippen molar-refractivity contribution in [1.82, 2.24) is 9.88 Å². The predicted octanol–water partition coefficient (Wildman–Crippen LogP) is 3.53. The van der Waals surface area contributed by atoms with Crippen molar-refractivity contribution in [1.29, 1.82) is 5.26 Å². The molecule has 2 aromatic carbocycles. The lowest BCUT2D eigenvalue weighted by atomic mass is 10.2. The molecule has 0 spiro atoms. The molecule has 0 saturated carbocycles. The van der Waals surface area contributed by atoms with Gasteiger partial charge in [0.1, 0.15) is 5.82 Å². The van der Waals surface area contributed by atoms with Gasteiger partial charge in [-0.15, -0.1) is 0 Å². The zero-order chi connectivity index (χ0) is 20.8. The van der Waals surface area contributed by atoms with E-state index in [0.717, 1.165) is 38.5 Å². The molecule has 1 aliphatic heterocycles. The molecule has 1 aliphatic rings. The number of carbonyl (C=O) groups is 1. The summed E-state index contributed by atoms with van der Waals surface area (Å²) >= 11 is 0. The summed E-state index contributed by atoms with van der Waals surface area (Å²) < 4.78 is 0. The van der Waals surface area contributed by atoms with Crippen molar-refractivity contribution in [3.05, 3.63) is 89.6 Å². The van der Waals surface area contributed by atoms with Crippen LogP contribution in [0.3, 0.4) is 0 Å². The zero-order valence-corrected chi connectivity index (χ0v) is 16.7. The number of carbonyl (C=O) groups excluding carboxylic acids is 1. The average molecular weight is 397 g/mol. The number of nitrogens with zero attached hydrogens (tertiary/aromatic N) is 4. The van der Waals surface area contributed by atoms with Crippen LogP contribution < -0.4 is 10.2 Å². The predicted molar refractivity (Wildman–Crippen MR) is 117 cm³/mol. The third-order valence-electron chi connectivity index (χ3n) is 5.20. The summed E-state index contributed by atoms with van der Waals surface area (Å²) in [6, 6.07) is 23.1. The van der Waals surface area contributed by atoms with E-state index in [0.29, 0.717) is 16.8 Å². The molecule has 2 heterocycles. The van der Waals surface area contributed by atoms with Crippen molar-refractivity contribution in [3.63, 3.8) is 0 Å². The zero-order valence-electron chi connectivity index (χ0n) is 16.7. The molecule has 1 amide bonds. The molecule has 4 rings (SSSR count). The lowest BCUT2D eigenvalue weighted by Gasteiger charge is -2.35. The Hall–Kier alpha value is -3.69. The fraction of sp³-hybridized carbons (Fsp3) is 0.208. The molecular weight excluding hydrogens is 374 g/mol. The van der Waals surface area contributed by atoms with Gasteiger partial charge < -0.3 is 10.2 Å². The number of piperazine rings is 1. The van der Waals surface area contributed by atoms with Gasteiger partial charge in [-0.05, 0) is 35.9 Å². The lowest BCUT2D eigenvalue weighted by molar-refractivity contribution is 0.102. The molecule has 1 saturated heterocycles. The summed E-state index contributed by atoms with van der Waals surface area (Å²) in [6.07, 6.45) is 1.61. The van der Waals surface area contributed by atoms with E-state index in [-0.39, 0.29) is 5.91 Å². The molecule has 1 aromatic heterocycles. The highest BCUT2D eigenvalue weighted by Crippen LogP contribution is 2.17. The van der Waals surface area contributed by atoms with E-state index in [1.807, 2.05) is 12.1 Å². The highest BCUT2D eigenvalue weighted by atomic mass is 16.1. The van der Waals surface area contributed by atoms with Crippen LogP contribution in [0.5, 0.6) is 0 Å². The maximum absolute atomic E-state index is 12.5. The standard InChI is InChI=1S/C24H23N5O/c25-16-20-7-4-8-22(15-20)27-24(30)21-9-10-23(26-17-21)29-13-11-28(12-14-29)18-19-5-2-1-3-6-19/h1-10,15,17H,11-14,18H2,(H,27,30). The monoisotopic (exact) mass is 397 g/mol. The Bertz CT molecular complexity index is 1040. The number of aromatic nitrogens is 1. The third-order valence-corrected chi connectivity index (χ3v) is 5.20. The summed E-state index contributed by atoms with van der Waals surface area (Å²) in [5.41, 5.74) is 2.92. The third kappa shape index (κ3) is 4.83. The number of rotatable bonds is 5. The molecule has 1 N–H and O–H groups in total. The van der Waals surface area contributed by atoms with Gasteiger partial charge >= 0.3 is 0 Å². The fourth-order valence-electron chi connectivity index (χ4n) is 3.55. The van der Waals surface area contributed by atoms with Gasteiger partial charge in [-0.1, -0.05) is 36.4 Å². The maximum Gasteiger partial charge on any atom is 0.257 e. The number of nitriles is 1. The highest BCUT2D eigenvalue weighted by molar-refractivity contribution is 6.04. The fourth-order valence-corrected chi connectivity index (χ4v) is 3.55. The summed E-state index contributed by atoms with van der Waals surface area (Å²) in [4.78, 5) is 21.7. The van der Waals surface area contributed by atoms with E-state index < -0.39 is 0 Å². The van der Waals surface area contributed by atoms with Crippen LogP contribution in [-0.4, -0.2) is 42.0 Å². The van der Waals surface area contributed by atoms with Gasteiger partial charge in [0.05, 0.1) is 17.2 Å². The molecule has 150 valence electrons. The van der Waals surface area contributed by atoms with Crippen molar-refractivity contribution in [3.8, 4) is 6.07 Å². The highest BCUT2D eigenvalue weighted by Gasteiger charge is 2.18. The first kappa shape index (κ1) is 19.6. The average Bonchev–Trinajstić information content (AvgIpc) is 2.80. The van der Waals surface area contributed by atoms with Crippen molar-refractivity contribution < 1.29 is 4.79 Å². The van der Waals surface area contributed by atoms with E-state index in [4.69, 9.17) is 5.26 Å². The van der Waals surface area contributed by atoms with E-state index in [1.165, 1.54) is 5.56 Å². The summed E-state index contributed by atoms with van der Waals surface area (Å²) in [6.45, 7) is 4.75. The Balaban J connectivity index is 1.32. The number of hydrogen-bond donors (Lipinski definition) is 1. The van der Waals surface area contributed by atoms with Crippen molar-refractivity contribution in [2.75, 3.05) is 36.4 Å². The number of benzene rings is 2. The number of nitrogens with one attached hydrogen (secondary N) is 1. The number of pyridine rings is 1. The minimum absolute atomic E-state index is 0.239. The SMILES string of the molecule is N#Cc1cccc(NC(=O)c2ccc(N3CCN(Cc4ccccc4)CC3)nc2)c1. The van der Waals surface area contributed by atoms with Gasteiger partial charge in [-0.2, -0.15) is 5.26 Å². The van der Waals surface area contributed by atoms with Crippen LogP contribution in [0.25, 0.3) is 0 Å². The molecule has 6 heteroatoms. The molecule has 6 nitrogen and oxygen atoms in total. The topological polar surface area (TPSA) is 72.3 Å². The maximum atomic E-state index is 12.5. The van der Waals surface area contributed by atoms with Crippen molar-refractivity contribution >= 4 is 17.4 Å². The van der Waals surface area contributed by atoms with Gasteiger partial charge in [0.2, 0.25) is 0 Å². The summed E-state index contributed by atoms with van der Waals surface area (Å²) in [5, 5.41) is 11.8. The Labute approximate surface area is 176 Å². The van der Waals surface area contributed by atoms with Gasteiger partial charge in [0.25, 0.3) is 5.91 Å². The van der Waals surface area contributed by atoms with Gasteiger partial charge in [-0.25, -0.2) is 4.98 Å². The van der Waals surface area contributed by atoms with Gasteiger partial charge in [0.15, 0.2) is 0 Å². The largest absolute Gasteiger partial charge is 0.354 e. The quantitative estimate of drug-likeness (QED) is 0.713. The first-order valence-electron chi connectivity index (χ1n) is 10.00. The number of anilines is 2.